The van der Waals surface area contributed by atoms with Gasteiger partial charge in [-0.2, -0.15) is 9.10 Å². The number of aromatic nitrogens is 4. The number of carbonyl (C=O) groups is 1. The molecule has 2 heterocycles. The number of sulfonamides is 1. The van der Waals surface area contributed by atoms with Gasteiger partial charge < -0.3 is 10.4 Å². The minimum atomic E-state index is -3.64. The van der Waals surface area contributed by atoms with E-state index in [-0.39, 0.29) is 28.7 Å². The van der Waals surface area contributed by atoms with E-state index in [0.29, 0.717) is 31.9 Å². The van der Waals surface area contributed by atoms with Crippen molar-refractivity contribution >= 4 is 21.6 Å². The maximum absolute atomic E-state index is 12.7. The number of nitrogens with zero attached hydrogens (tertiary/aromatic N) is 5. The van der Waals surface area contributed by atoms with Crippen LogP contribution in [0.15, 0.2) is 53.4 Å². The van der Waals surface area contributed by atoms with Crippen molar-refractivity contribution in [2.45, 2.75) is 37.1 Å². The summed E-state index contributed by atoms with van der Waals surface area (Å²) >= 11 is 0. The Hall–Kier alpha value is -3.31. The summed E-state index contributed by atoms with van der Waals surface area (Å²) < 4.78 is 26.9. The van der Waals surface area contributed by atoms with E-state index < -0.39 is 10.0 Å². The summed E-state index contributed by atoms with van der Waals surface area (Å²) in [6.45, 7) is 1.35. The van der Waals surface area contributed by atoms with Gasteiger partial charge in [0.25, 0.3) is 0 Å². The number of carbonyl (C=O) groups excluding carboxylic acids is 1. The second kappa shape index (κ2) is 9.45. The molecule has 1 aliphatic rings. The van der Waals surface area contributed by atoms with Gasteiger partial charge in [0.15, 0.2) is 0 Å². The number of tetrazole rings is 1. The fourth-order valence-corrected chi connectivity index (χ4v) is 5.03. The van der Waals surface area contributed by atoms with Gasteiger partial charge in [-0.05, 0) is 42.7 Å². The molecule has 1 aromatic heterocycles. The second-order valence-electron chi connectivity index (χ2n) is 7.52. The van der Waals surface area contributed by atoms with Crippen LogP contribution in [-0.4, -0.2) is 57.0 Å². The molecule has 4 rings (SSSR count). The van der Waals surface area contributed by atoms with Crippen molar-refractivity contribution in [1.29, 1.82) is 0 Å². The van der Waals surface area contributed by atoms with E-state index in [4.69, 9.17) is 0 Å². The van der Waals surface area contributed by atoms with Crippen LogP contribution in [0, 0.1) is 0 Å². The van der Waals surface area contributed by atoms with Crippen molar-refractivity contribution in [3.63, 3.8) is 0 Å². The van der Waals surface area contributed by atoms with Crippen LogP contribution in [0.1, 0.15) is 25.7 Å². The zero-order valence-corrected chi connectivity index (χ0v) is 18.2. The molecule has 0 aliphatic carbocycles. The molecule has 1 fully saturated rings. The largest absolute Gasteiger partial charge is 0.506 e. The highest BCUT2D eigenvalue weighted by molar-refractivity contribution is 7.89. The predicted molar refractivity (Wildman–Crippen MR) is 117 cm³/mol. The van der Waals surface area contributed by atoms with Gasteiger partial charge in [-0.1, -0.05) is 30.3 Å². The molecule has 0 saturated carbocycles. The Morgan fingerprint density at radius 2 is 1.84 bits per heavy atom. The normalized spacial score (nSPS) is 14.5. The van der Waals surface area contributed by atoms with Crippen LogP contribution >= 0.6 is 0 Å². The zero-order chi connectivity index (χ0) is 22.6. The van der Waals surface area contributed by atoms with E-state index >= 15 is 0 Å². The van der Waals surface area contributed by atoms with Gasteiger partial charge in [0.05, 0.1) is 17.1 Å². The first-order valence-corrected chi connectivity index (χ1v) is 11.8. The smallest absolute Gasteiger partial charge is 0.243 e. The summed E-state index contributed by atoms with van der Waals surface area (Å²) in [4.78, 5) is 13.8. The fraction of sp³-hybridized carbons (Fsp3) is 0.333. The number of aromatic hydroxyl groups is 1. The zero-order valence-electron chi connectivity index (χ0n) is 17.4. The van der Waals surface area contributed by atoms with Crippen molar-refractivity contribution in [3.05, 3.63) is 48.5 Å². The quantitative estimate of drug-likeness (QED) is 0.497. The van der Waals surface area contributed by atoms with Gasteiger partial charge in [0, 0.05) is 25.1 Å². The van der Waals surface area contributed by atoms with Crippen LogP contribution in [0.2, 0.25) is 0 Å². The van der Waals surface area contributed by atoms with E-state index in [2.05, 4.69) is 20.7 Å². The van der Waals surface area contributed by atoms with Crippen molar-refractivity contribution in [3.8, 4) is 17.1 Å². The predicted octanol–water partition coefficient (Wildman–Crippen LogP) is 2.25. The first-order valence-electron chi connectivity index (χ1n) is 10.4. The Bertz CT molecular complexity index is 1190. The minimum absolute atomic E-state index is 0.0488. The van der Waals surface area contributed by atoms with Gasteiger partial charge in [0.1, 0.15) is 5.75 Å². The monoisotopic (exact) mass is 456 g/mol. The molecular formula is C21H24N6O4S. The molecule has 0 radical (unpaired) electrons. The number of hydrogen-bond donors (Lipinski definition) is 2. The lowest BCUT2D eigenvalue weighted by Crippen LogP contribution is -2.28. The van der Waals surface area contributed by atoms with Crippen LogP contribution in [0.3, 0.4) is 0 Å². The maximum atomic E-state index is 12.7. The standard InChI is InChI=1S/C21H24N6O4S/c28-19-11-10-17(32(30,31)26-12-4-5-13-26)15-18(19)22-20(29)9-6-14-27-24-21(23-25-27)16-7-2-1-3-8-16/h1-3,7-8,10-11,15,28H,4-6,9,12-14H2,(H,22,29). The number of phenols is 1. The number of rotatable bonds is 8. The molecular weight excluding hydrogens is 432 g/mol. The summed E-state index contributed by atoms with van der Waals surface area (Å²) in [6.07, 6.45) is 2.25. The third-order valence-electron chi connectivity index (χ3n) is 5.19. The molecule has 0 spiro atoms. The molecule has 0 bridgehead atoms. The molecule has 11 heteroatoms. The first kappa shape index (κ1) is 21.9. The number of anilines is 1. The SMILES string of the molecule is O=C(CCCn1nnc(-c2ccccc2)n1)Nc1cc(S(=O)(=O)N2CCCC2)ccc1O. The number of amides is 1. The van der Waals surface area contributed by atoms with Crippen LogP contribution in [-0.2, 0) is 21.4 Å². The lowest BCUT2D eigenvalue weighted by atomic mass is 10.2. The van der Waals surface area contributed by atoms with Crippen molar-refractivity contribution in [1.82, 2.24) is 24.5 Å². The number of hydrogen-bond acceptors (Lipinski definition) is 7. The summed E-state index contributed by atoms with van der Waals surface area (Å²) in [5.74, 6) is -0.0282. The lowest BCUT2D eigenvalue weighted by Gasteiger charge is -2.16. The average molecular weight is 457 g/mol. The lowest BCUT2D eigenvalue weighted by molar-refractivity contribution is -0.116. The van der Waals surface area contributed by atoms with Crippen LogP contribution in [0.25, 0.3) is 11.4 Å². The highest BCUT2D eigenvalue weighted by atomic mass is 32.2. The summed E-state index contributed by atoms with van der Waals surface area (Å²) in [5.41, 5.74) is 0.927. The van der Waals surface area contributed by atoms with Gasteiger partial charge in [-0.3, -0.25) is 4.79 Å². The topological polar surface area (TPSA) is 130 Å². The molecule has 32 heavy (non-hydrogen) atoms. The number of benzene rings is 2. The fourth-order valence-electron chi connectivity index (χ4n) is 3.49. The number of phenolic OH excluding ortho intramolecular Hbond substituents is 1. The number of aryl methyl sites for hydroxylation is 1. The molecule has 2 N–H and O–H groups in total. The summed E-state index contributed by atoms with van der Waals surface area (Å²) in [7, 11) is -3.64. The van der Waals surface area contributed by atoms with E-state index in [9.17, 15) is 18.3 Å². The Morgan fingerprint density at radius 3 is 2.59 bits per heavy atom. The first-order chi connectivity index (χ1) is 15.4. The highest BCUT2D eigenvalue weighted by Gasteiger charge is 2.27. The molecule has 3 aromatic rings. The Balaban J connectivity index is 1.34. The van der Waals surface area contributed by atoms with Crippen molar-refractivity contribution in [2.24, 2.45) is 0 Å². The molecule has 1 amide bonds. The van der Waals surface area contributed by atoms with Gasteiger partial charge in [-0.25, -0.2) is 8.42 Å². The maximum Gasteiger partial charge on any atom is 0.243 e. The Kier molecular flexibility index (Phi) is 6.47. The van der Waals surface area contributed by atoms with Gasteiger partial charge in [0.2, 0.25) is 21.8 Å². The van der Waals surface area contributed by atoms with Crippen LogP contribution < -0.4 is 5.32 Å². The van der Waals surface area contributed by atoms with Gasteiger partial charge >= 0.3 is 0 Å². The minimum Gasteiger partial charge on any atom is -0.506 e. The summed E-state index contributed by atoms with van der Waals surface area (Å²) in [6, 6.07) is 13.4. The van der Waals surface area contributed by atoms with E-state index in [1.54, 1.807) is 0 Å². The van der Waals surface area contributed by atoms with Crippen LogP contribution in [0.4, 0.5) is 5.69 Å². The molecule has 0 unspecified atom stereocenters. The van der Waals surface area contributed by atoms with Crippen LogP contribution in [0.5, 0.6) is 5.75 Å². The van der Waals surface area contributed by atoms with Crippen molar-refractivity contribution < 1.29 is 18.3 Å². The van der Waals surface area contributed by atoms with E-state index in [0.717, 1.165) is 18.4 Å². The highest BCUT2D eigenvalue weighted by Crippen LogP contribution is 2.29. The molecule has 168 valence electrons. The van der Waals surface area contributed by atoms with Crippen molar-refractivity contribution in [2.75, 3.05) is 18.4 Å². The average Bonchev–Trinajstić information content (AvgIpc) is 3.49. The molecule has 2 aromatic carbocycles. The third kappa shape index (κ3) is 4.94. The molecule has 1 aliphatic heterocycles. The Morgan fingerprint density at radius 1 is 1.09 bits per heavy atom. The van der Waals surface area contributed by atoms with E-state index in [1.165, 1.54) is 27.3 Å². The van der Waals surface area contributed by atoms with Gasteiger partial charge in [-0.15, -0.1) is 10.2 Å². The number of nitrogens with one attached hydrogen (secondary N) is 1. The molecule has 10 nitrogen and oxygen atoms in total. The molecule has 0 atom stereocenters. The Labute approximate surface area is 185 Å². The van der Waals surface area contributed by atoms with E-state index in [1.807, 2.05) is 30.3 Å². The molecule has 1 saturated heterocycles. The second-order valence-corrected chi connectivity index (χ2v) is 9.45. The summed E-state index contributed by atoms with van der Waals surface area (Å²) in [5, 5.41) is 25.0. The third-order valence-corrected chi connectivity index (χ3v) is 7.09.